The number of aromatic carboxylic acids is 1. The van der Waals surface area contributed by atoms with Crippen molar-refractivity contribution in [2.45, 2.75) is 33.1 Å². The second-order valence-corrected chi connectivity index (χ2v) is 7.66. The Morgan fingerprint density at radius 1 is 0.846 bits per heavy atom. The van der Waals surface area contributed by atoms with Gasteiger partial charge in [0.1, 0.15) is 0 Å². The molecule has 0 aromatic heterocycles. The highest BCUT2D eigenvalue weighted by atomic mass is 16.4. The molecule has 3 rings (SSSR count). The van der Waals surface area contributed by atoms with Gasteiger partial charge in [-0.1, -0.05) is 69.3 Å². The molecular formula is C23H22O3. The Kier molecular flexibility index (Phi) is 4.41. The van der Waals surface area contributed by atoms with Crippen molar-refractivity contribution in [3.05, 3.63) is 82.4 Å². The lowest BCUT2D eigenvalue weighted by Gasteiger charge is -2.19. The standard InChI is InChI=1S/C23H22O3/c1-14-5-6-16-13-17(9-12-19(16)20(14)22(25)26)21(24)15-7-10-18(11-8-15)23(2,3)4/h5-13H,1-4H3,(H,25,26). The molecule has 0 unspecified atom stereocenters. The van der Waals surface area contributed by atoms with Crippen LogP contribution < -0.4 is 0 Å². The van der Waals surface area contributed by atoms with Crippen molar-refractivity contribution < 1.29 is 14.7 Å². The van der Waals surface area contributed by atoms with E-state index >= 15 is 0 Å². The lowest BCUT2D eigenvalue weighted by Crippen LogP contribution is -2.11. The van der Waals surface area contributed by atoms with Crippen LogP contribution in [0.15, 0.2) is 54.6 Å². The molecule has 0 fully saturated rings. The van der Waals surface area contributed by atoms with E-state index in [1.165, 1.54) is 5.56 Å². The molecule has 132 valence electrons. The third-order valence-electron chi connectivity index (χ3n) is 4.72. The van der Waals surface area contributed by atoms with E-state index in [0.717, 1.165) is 5.39 Å². The molecule has 0 radical (unpaired) electrons. The molecular weight excluding hydrogens is 324 g/mol. The average molecular weight is 346 g/mol. The van der Waals surface area contributed by atoms with Gasteiger partial charge in [-0.2, -0.15) is 0 Å². The van der Waals surface area contributed by atoms with Crippen LogP contribution in [0.2, 0.25) is 0 Å². The van der Waals surface area contributed by atoms with Gasteiger partial charge in [0.15, 0.2) is 5.78 Å². The van der Waals surface area contributed by atoms with E-state index in [1.807, 2.05) is 30.3 Å². The Bertz CT molecular complexity index is 1010. The normalized spacial score (nSPS) is 11.5. The van der Waals surface area contributed by atoms with Gasteiger partial charge in [-0.15, -0.1) is 0 Å². The summed E-state index contributed by atoms with van der Waals surface area (Å²) in [6, 6.07) is 16.5. The second-order valence-electron chi connectivity index (χ2n) is 7.66. The minimum atomic E-state index is -0.954. The smallest absolute Gasteiger partial charge is 0.336 e. The average Bonchev–Trinajstić information content (AvgIpc) is 2.59. The maximum atomic E-state index is 12.8. The van der Waals surface area contributed by atoms with Gasteiger partial charge in [0.2, 0.25) is 0 Å². The number of carboxylic acids is 1. The van der Waals surface area contributed by atoms with E-state index < -0.39 is 5.97 Å². The number of hydrogen-bond donors (Lipinski definition) is 1. The van der Waals surface area contributed by atoms with E-state index in [-0.39, 0.29) is 16.8 Å². The molecule has 1 N–H and O–H groups in total. The molecule has 0 aliphatic heterocycles. The maximum absolute atomic E-state index is 12.8. The maximum Gasteiger partial charge on any atom is 0.336 e. The first-order valence-electron chi connectivity index (χ1n) is 8.60. The molecule has 0 heterocycles. The first-order chi connectivity index (χ1) is 12.2. The lowest BCUT2D eigenvalue weighted by molar-refractivity contribution is 0.0698. The highest BCUT2D eigenvalue weighted by Crippen LogP contribution is 2.26. The summed E-state index contributed by atoms with van der Waals surface area (Å²) in [5, 5.41) is 10.8. The Morgan fingerprint density at radius 3 is 2.04 bits per heavy atom. The van der Waals surface area contributed by atoms with Crippen molar-refractivity contribution in [3.8, 4) is 0 Å². The van der Waals surface area contributed by atoms with Crippen LogP contribution in [0.4, 0.5) is 0 Å². The van der Waals surface area contributed by atoms with Crippen LogP contribution in [0.25, 0.3) is 10.8 Å². The van der Waals surface area contributed by atoms with E-state index in [2.05, 4.69) is 20.8 Å². The minimum absolute atomic E-state index is 0.0373. The fourth-order valence-electron chi connectivity index (χ4n) is 3.15. The number of ketones is 1. The summed E-state index contributed by atoms with van der Waals surface area (Å²) < 4.78 is 0. The Morgan fingerprint density at radius 2 is 1.46 bits per heavy atom. The molecule has 0 spiro atoms. The molecule has 3 aromatic rings. The zero-order chi connectivity index (χ0) is 19.1. The molecule has 0 bridgehead atoms. The van der Waals surface area contributed by atoms with Crippen molar-refractivity contribution >= 4 is 22.5 Å². The number of carbonyl (C=O) groups is 2. The largest absolute Gasteiger partial charge is 0.478 e. The number of carbonyl (C=O) groups excluding carboxylic acids is 1. The van der Waals surface area contributed by atoms with Crippen molar-refractivity contribution in [2.75, 3.05) is 0 Å². The molecule has 0 saturated carbocycles. The van der Waals surface area contributed by atoms with E-state index in [0.29, 0.717) is 22.1 Å². The molecule has 26 heavy (non-hydrogen) atoms. The van der Waals surface area contributed by atoms with Crippen LogP contribution in [-0.2, 0) is 5.41 Å². The van der Waals surface area contributed by atoms with Crippen LogP contribution in [0, 0.1) is 6.92 Å². The Hall–Kier alpha value is -2.94. The molecule has 0 amide bonds. The summed E-state index contributed by atoms with van der Waals surface area (Å²) >= 11 is 0. The molecule has 0 aliphatic carbocycles. The molecule has 3 aromatic carbocycles. The zero-order valence-corrected chi connectivity index (χ0v) is 15.5. The zero-order valence-electron chi connectivity index (χ0n) is 15.5. The topological polar surface area (TPSA) is 54.4 Å². The van der Waals surface area contributed by atoms with Crippen LogP contribution in [0.5, 0.6) is 0 Å². The fourth-order valence-corrected chi connectivity index (χ4v) is 3.15. The van der Waals surface area contributed by atoms with Gasteiger partial charge >= 0.3 is 5.97 Å². The number of rotatable bonds is 3. The number of carboxylic acid groups (broad SMARTS) is 1. The molecule has 3 heteroatoms. The van der Waals surface area contributed by atoms with E-state index in [1.54, 1.807) is 31.2 Å². The fraction of sp³-hybridized carbons (Fsp3) is 0.217. The van der Waals surface area contributed by atoms with Crippen LogP contribution >= 0.6 is 0 Å². The Balaban J connectivity index is 2.02. The molecule has 0 atom stereocenters. The van der Waals surface area contributed by atoms with Crippen molar-refractivity contribution in [1.82, 2.24) is 0 Å². The third kappa shape index (κ3) is 3.25. The number of benzene rings is 3. The van der Waals surface area contributed by atoms with Crippen LogP contribution in [0.1, 0.15) is 58.2 Å². The predicted octanol–water partition coefficient (Wildman–Crippen LogP) is 5.37. The second kappa shape index (κ2) is 6.41. The number of aryl methyl sites for hydroxylation is 1. The first-order valence-corrected chi connectivity index (χ1v) is 8.60. The quantitative estimate of drug-likeness (QED) is 0.648. The number of hydrogen-bond acceptors (Lipinski definition) is 2. The third-order valence-corrected chi connectivity index (χ3v) is 4.72. The van der Waals surface area contributed by atoms with Gasteiger partial charge in [0.25, 0.3) is 0 Å². The van der Waals surface area contributed by atoms with E-state index in [4.69, 9.17) is 0 Å². The van der Waals surface area contributed by atoms with Crippen molar-refractivity contribution in [1.29, 1.82) is 0 Å². The molecule has 3 nitrogen and oxygen atoms in total. The summed E-state index contributed by atoms with van der Waals surface area (Å²) in [5.74, 6) is -1.02. The highest BCUT2D eigenvalue weighted by molar-refractivity contribution is 6.12. The first kappa shape index (κ1) is 17.9. The van der Waals surface area contributed by atoms with Gasteiger partial charge in [-0.3, -0.25) is 4.79 Å². The molecule has 0 aliphatic rings. The Labute approximate surface area is 153 Å². The summed E-state index contributed by atoms with van der Waals surface area (Å²) in [5.41, 5.74) is 3.39. The van der Waals surface area contributed by atoms with Crippen molar-refractivity contribution in [2.24, 2.45) is 0 Å². The monoisotopic (exact) mass is 346 g/mol. The summed E-state index contributed by atoms with van der Waals surface area (Å²) in [4.78, 5) is 24.3. The summed E-state index contributed by atoms with van der Waals surface area (Å²) in [6.07, 6.45) is 0. The minimum Gasteiger partial charge on any atom is -0.478 e. The van der Waals surface area contributed by atoms with Gasteiger partial charge in [-0.25, -0.2) is 4.79 Å². The summed E-state index contributed by atoms with van der Waals surface area (Å²) in [7, 11) is 0. The number of fused-ring (bicyclic) bond motifs is 1. The highest BCUT2D eigenvalue weighted by Gasteiger charge is 2.17. The summed E-state index contributed by atoms with van der Waals surface area (Å²) in [6.45, 7) is 8.18. The van der Waals surface area contributed by atoms with Gasteiger partial charge in [-0.05, 0) is 40.3 Å². The van der Waals surface area contributed by atoms with Gasteiger partial charge in [0, 0.05) is 11.1 Å². The van der Waals surface area contributed by atoms with Crippen LogP contribution in [-0.4, -0.2) is 16.9 Å². The van der Waals surface area contributed by atoms with Gasteiger partial charge < -0.3 is 5.11 Å². The van der Waals surface area contributed by atoms with Crippen molar-refractivity contribution in [3.63, 3.8) is 0 Å². The van der Waals surface area contributed by atoms with Crippen LogP contribution in [0.3, 0.4) is 0 Å². The van der Waals surface area contributed by atoms with Gasteiger partial charge in [0.05, 0.1) is 5.56 Å². The van der Waals surface area contributed by atoms with E-state index in [9.17, 15) is 14.7 Å². The molecule has 0 saturated heterocycles. The SMILES string of the molecule is Cc1ccc2cc(C(=O)c3ccc(C(C)(C)C)cc3)ccc2c1C(=O)O. The predicted molar refractivity (Wildman–Crippen MR) is 104 cm³/mol. The lowest BCUT2D eigenvalue weighted by atomic mass is 9.86.